The van der Waals surface area contributed by atoms with Crippen molar-refractivity contribution >= 4 is 22.8 Å². The van der Waals surface area contributed by atoms with Crippen molar-refractivity contribution in [2.75, 3.05) is 0 Å². The highest BCUT2D eigenvalue weighted by Crippen LogP contribution is 2.18. The Hall–Kier alpha value is -2.93. The van der Waals surface area contributed by atoms with Gasteiger partial charge in [-0.15, -0.1) is 13.2 Å². The Morgan fingerprint density at radius 2 is 1.88 bits per heavy atom. The molecule has 0 aliphatic carbocycles. The molecule has 0 fully saturated rings. The van der Waals surface area contributed by atoms with Crippen LogP contribution in [0.3, 0.4) is 0 Å². The van der Waals surface area contributed by atoms with E-state index >= 15 is 0 Å². The lowest BCUT2D eigenvalue weighted by molar-refractivity contribution is 0.646. The molecule has 24 heavy (non-hydrogen) atoms. The number of H-pyrrole nitrogens is 1. The Balaban J connectivity index is 2.33. The molecule has 0 aromatic carbocycles. The van der Waals surface area contributed by atoms with Crippen molar-refractivity contribution in [3.63, 3.8) is 0 Å². The summed E-state index contributed by atoms with van der Waals surface area (Å²) >= 11 is 5.78. The van der Waals surface area contributed by atoms with Crippen molar-refractivity contribution in [1.82, 2.24) is 24.1 Å². The maximum absolute atomic E-state index is 12.6. The van der Waals surface area contributed by atoms with Crippen LogP contribution < -0.4 is 11.2 Å². The lowest BCUT2D eigenvalue weighted by Crippen LogP contribution is -2.39. The molecule has 0 radical (unpaired) electrons. The number of rotatable bonds is 5. The largest absolute Gasteiger partial charge is 0.333 e. The number of aromatic nitrogens is 5. The fourth-order valence-corrected chi connectivity index (χ4v) is 2.51. The van der Waals surface area contributed by atoms with Crippen molar-refractivity contribution in [2.24, 2.45) is 0 Å². The smallest absolute Gasteiger partial charge is 0.332 e. The molecule has 0 atom stereocenters. The summed E-state index contributed by atoms with van der Waals surface area (Å²) in [6.45, 7) is 7.57. The SMILES string of the molecule is C=CCn1c(=O)c2[nH]c(-c3ccc(Cl)nc3)nc2n(CC=C)c1=O. The van der Waals surface area contributed by atoms with Crippen LogP contribution in [-0.4, -0.2) is 24.1 Å². The second kappa shape index (κ2) is 6.29. The van der Waals surface area contributed by atoms with Gasteiger partial charge < -0.3 is 4.98 Å². The molecule has 0 saturated carbocycles. The maximum Gasteiger partial charge on any atom is 0.333 e. The van der Waals surface area contributed by atoms with Gasteiger partial charge in [-0.2, -0.15) is 0 Å². The van der Waals surface area contributed by atoms with E-state index in [1.54, 1.807) is 18.2 Å². The minimum Gasteiger partial charge on any atom is -0.332 e. The van der Waals surface area contributed by atoms with Crippen LogP contribution in [0.1, 0.15) is 0 Å². The molecule has 0 aliphatic heterocycles. The third-order valence-electron chi connectivity index (χ3n) is 3.49. The molecule has 0 bridgehead atoms. The average Bonchev–Trinajstić information content (AvgIpc) is 3.01. The minimum atomic E-state index is -0.459. The van der Waals surface area contributed by atoms with Gasteiger partial charge in [0.15, 0.2) is 5.65 Å². The monoisotopic (exact) mass is 343 g/mol. The molecular formula is C16H14ClN5O2. The van der Waals surface area contributed by atoms with Gasteiger partial charge >= 0.3 is 5.69 Å². The second-order valence-electron chi connectivity index (χ2n) is 5.04. The van der Waals surface area contributed by atoms with E-state index in [4.69, 9.17) is 11.6 Å². The van der Waals surface area contributed by atoms with Crippen LogP contribution >= 0.6 is 11.6 Å². The molecule has 3 rings (SSSR count). The summed E-state index contributed by atoms with van der Waals surface area (Å²) in [6.07, 6.45) is 4.60. The topological polar surface area (TPSA) is 85.6 Å². The van der Waals surface area contributed by atoms with Crippen molar-refractivity contribution in [3.05, 3.63) is 69.6 Å². The van der Waals surface area contributed by atoms with E-state index in [9.17, 15) is 9.59 Å². The van der Waals surface area contributed by atoms with Gasteiger partial charge in [0.25, 0.3) is 5.56 Å². The third kappa shape index (κ3) is 2.59. The first-order valence-corrected chi connectivity index (χ1v) is 7.51. The summed E-state index contributed by atoms with van der Waals surface area (Å²) in [7, 11) is 0. The standard InChI is InChI=1S/C16H14ClN5O2/c1-3-7-21-14-12(15(23)22(8-4-2)16(21)24)19-13(20-14)10-5-6-11(17)18-9-10/h3-6,9H,1-2,7-8H2,(H,19,20). The average molecular weight is 344 g/mol. The van der Waals surface area contributed by atoms with E-state index in [1.165, 1.54) is 16.8 Å². The molecule has 3 aromatic heterocycles. The molecule has 1 N–H and O–H groups in total. The summed E-state index contributed by atoms with van der Waals surface area (Å²) in [5.74, 6) is 0.430. The number of aromatic amines is 1. The number of fused-ring (bicyclic) bond motifs is 1. The molecule has 0 amide bonds. The molecule has 0 saturated heterocycles. The van der Waals surface area contributed by atoms with Crippen molar-refractivity contribution in [1.29, 1.82) is 0 Å². The minimum absolute atomic E-state index is 0.113. The van der Waals surface area contributed by atoms with Gasteiger partial charge in [0.05, 0.1) is 0 Å². The van der Waals surface area contributed by atoms with E-state index in [1.807, 2.05) is 0 Å². The number of imidazole rings is 1. The maximum atomic E-state index is 12.6. The quantitative estimate of drug-likeness (QED) is 0.567. The van der Waals surface area contributed by atoms with Gasteiger partial charge in [-0.3, -0.25) is 13.9 Å². The Morgan fingerprint density at radius 1 is 1.17 bits per heavy atom. The molecule has 3 heterocycles. The zero-order chi connectivity index (χ0) is 17.3. The number of hydrogen-bond donors (Lipinski definition) is 1. The zero-order valence-corrected chi connectivity index (χ0v) is 13.5. The summed E-state index contributed by atoms with van der Waals surface area (Å²) in [5, 5.41) is 0.353. The normalized spacial score (nSPS) is 10.9. The highest BCUT2D eigenvalue weighted by molar-refractivity contribution is 6.29. The Morgan fingerprint density at radius 3 is 2.50 bits per heavy atom. The van der Waals surface area contributed by atoms with Gasteiger partial charge in [0, 0.05) is 24.8 Å². The fraction of sp³-hybridized carbons (Fsp3) is 0.125. The van der Waals surface area contributed by atoms with Gasteiger partial charge in [0.2, 0.25) is 0 Å². The lowest BCUT2D eigenvalue weighted by atomic mass is 10.3. The molecule has 122 valence electrons. The second-order valence-corrected chi connectivity index (χ2v) is 5.43. The van der Waals surface area contributed by atoms with Crippen LogP contribution in [0.25, 0.3) is 22.6 Å². The van der Waals surface area contributed by atoms with Gasteiger partial charge in [-0.05, 0) is 12.1 Å². The molecule has 0 spiro atoms. The first kappa shape index (κ1) is 15.9. The predicted molar refractivity (Wildman–Crippen MR) is 93.2 cm³/mol. The predicted octanol–water partition coefficient (Wildman–Crippen LogP) is 1.97. The van der Waals surface area contributed by atoms with Crippen molar-refractivity contribution in [2.45, 2.75) is 13.1 Å². The van der Waals surface area contributed by atoms with Crippen LogP contribution in [0.2, 0.25) is 5.15 Å². The number of allylic oxidation sites excluding steroid dienone is 2. The van der Waals surface area contributed by atoms with Crippen LogP contribution in [-0.2, 0) is 13.1 Å². The summed E-state index contributed by atoms with van der Waals surface area (Å²) in [6, 6.07) is 3.35. The Kier molecular flexibility index (Phi) is 4.18. The van der Waals surface area contributed by atoms with E-state index in [-0.39, 0.29) is 24.3 Å². The molecule has 8 heteroatoms. The number of pyridine rings is 1. The fourth-order valence-electron chi connectivity index (χ4n) is 2.40. The van der Waals surface area contributed by atoms with Gasteiger partial charge in [-0.25, -0.2) is 14.8 Å². The molecule has 3 aromatic rings. The first-order chi connectivity index (χ1) is 11.6. The molecule has 0 unspecified atom stereocenters. The highest BCUT2D eigenvalue weighted by Gasteiger charge is 2.17. The van der Waals surface area contributed by atoms with Crippen LogP contribution in [0.4, 0.5) is 0 Å². The first-order valence-electron chi connectivity index (χ1n) is 7.14. The van der Waals surface area contributed by atoms with Crippen LogP contribution in [0.5, 0.6) is 0 Å². The van der Waals surface area contributed by atoms with Gasteiger partial charge in [0.1, 0.15) is 16.5 Å². The Labute approximate surface area is 141 Å². The van der Waals surface area contributed by atoms with Crippen molar-refractivity contribution < 1.29 is 0 Å². The zero-order valence-electron chi connectivity index (χ0n) is 12.7. The summed E-state index contributed by atoms with van der Waals surface area (Å²) in [5.41, 5.74) is 0.261. The third-order valence-corrected chi connectivity index (χ3v) is 3.71. The lowest BCUT2D eigenvalue weighted by Gasteiger charge is -2.07. The molecule has 0 aliphatic rings. The number of hydrogen-bond acceptors (Lipinski definition) is 4. The van der Waals surface area contributed by atoms with E-state index in [2.05, 4.69) is 28.1 Å². The number of nitrogens with zero attached hydrogens (tertiary/aromatic N) is 4. The summed E-state index contributed by atoms with van der Waals surface area (Å²) in [4.78, 5) is 36.4. The molecular weight excluding hydrogens is 330 g/mol. The van der Waals surface area contributed by atoms with E-state index in [0.29, 0.717) is 16.5 Å². The van der Waals surface area contributed by atoms with E-state index < -0.39 is 11.2 Å². The van der Waals surface area contributed by atoms with Crippen molar-refractivity contribution in [3.8, 4) is 11.4 Å². The Bertz CT molecular complexity index is 1040. The number of halogens is 1. The van der Waals surface area contributed by atoms with E-state index in [0.717, 1.165) is 4.57 Å². The van der Waals surface area contributed by atoms with Crippen LogP contribution in [0, 0.1) is 0 Å². The highest BCUT2D eigenvalue weighted by atomic mass is 35.5. The van der Waals surface area contributed by atoms with Gasteiger partial charge in [-0.1, -0.05) is 23.8 Å². The van der Waals surface area contributed by atoms with Crippen LogP contribution in [0.15, 0.2) is 53.2 Å². The number of nitrogens with one attached hydrogen (secondary N) is 1. The summed E-state index contributed by atoms with van der Waals surface area (Å²) < 4.78 is 2.48. The molecule has 7 nitrogen and oxygen atoms in total.